The summed E-state index contributed by atoms with van der Waals surface area (Å²) >= 11 is 3.16. The van der Waals surface area contributed by atoms with E-state index in [0.717, 1.165) is 0 Å². The van der Waals surface area contributed by atoms with Gasteiger partial charge < -0.3 is 5.32 Å². The van der Waals surface area contributed by atoms with Crippen LogP contribution in [0.1, 0.15) is 17.5 Å². The zero-order valence-corrected chi connectivity index (χ0v) is 9.91. The lowest BCUT2D eigenvalue weighted by atomic mass is 10.1. The van der Waals surface area contributed by atoms with Crippen LogP contribution < -0.4 is 5.32 Å². The number of hydrogen-bond donors (Lipinski definition) is 1. The maximum absolute atomic E-state index is 11.3. The Morgan fingerprint density at radius 3 is 2.56 bits per heavy atom. The van der Waals surface area contributed by atoms with Gasteiger partial charge in [-0.25, -0.2) is 0 Å². The zero-order valence-electron chi connectivity index (χ0n) is 8.33. The second-order valence-corrected chi connectivity index (χ2v) is 3.76. The molecular weight excluding hydrogens is 270 g/mol. The number of nitriles is 2. The number of amides is 1. The lowest BCUT2D eigenvalue weighted by molar-refractivity contribution is -0.115. The smallest absolute Gasteiger partial charge is 0.225 e. The largest absolute Gasteiger partial charge is 0.326 e. The van der Waals surface area contributed by atoms with Crippen molar-refractivity contribution in [1.82, 2.24) is 0 Å². The molecule has 1 aromatic rings. The third kappa shape index (κ3) is 3.08. The summed E-state index contributed by atoms with van der Waals surface area (Å²) in [6.07, 6.45) is 0.363. The summed E-state index contributed by atoms with van der Waals surface area (Å²) < 4.78 is 0. The van der Waals surface area contributed by atoms with E-state index in [-0.39, 0.29) is 11.5 Å². The molecule has 0 aliphatic heterocycles. The minimum Gasteiger partial charge on any atom is -0.326 e. The Morgan fingerprint density at radius 1 is 1.31 bits per heavy atom. The first-order chi connectivity index (χ1) is 7.71. The molecule has 0 atom stereocenters. The van der Waals surface area contributed by atoms with Crippen LogP contribution in [0.25, 0.3) is 0 Å². The number of benzene rings is 1. The molecule has 0 spiro atoms. The van der Waals surface area contributed by atoms with Crippen molar-refractivity contribution in [3.8, 4) is 12.1 Å². The van der Waals surface area contributed by atoms with Crippen molar-refractivity contribution < 1.29 is 4.79 Å². The molecule has 0 aliphatic carbocycles. The number of nitrogens with one attached hydrogen (secondary N) is 1. The van der Waals surface area contributed by atoms with Crippen LogP contribution >= 0.6 is 15.9 Å². The van der Waals surface area contributed by atoms with Gasteiger partial charge in [0.15, 0.2) is 0 Å². The first kappa shape index (κ1) is 12.2. The predicted molar refractivity (Wildman–Crippen MR) is 62.9 cm³/mol. The number of anilines is 1. The van der Waals surface area contributed by atoms with Gasteiger partial charge >= 0.3 is 0 Å². The van der Waals surface area contributed by atoms with E-state index in [1.807, 2.05) is 12.1 Å². The van der Waals surface area contributed by atoms with Crippen molar-refractivity contribution in [2.45, 2.75) is 6.42 Å². The highest BCUT2D eigenvalue weighted by Gasteiger charge is 2.05. The fraction of sp³-hybridized carbons (Fsp3) is 0.182. The van der Waals surface area contributed by atoms with Gasteiger partial charge in [-0.15, -0.1) is 0 Å². The lowest BCUT2D eigenvalue weighted by Gasteiger charge is -2.04. The summed E-state index contributed by atoms with van der Waals surface area (Å²) in [6.45, 7) is 0. The third-order valence-corrected chi connectivity index (χ3v) is 2.26. The van der Waals surface area contributed by atoms with Gasteiger partial charge in [-0.05, 0) is 18.2 Å². The molecule has 0 heterocycles. The van der Waals surface area contributed by atoms with Crippen LogP contribution in [0.4, 0.5) is 5.69 Å². The fourth-order valence-electron chi connectivity index (χ4n) is 1.12. The van der Waals surface area contributed by atoms with Crippen LogP contribution in [-0.4, -0.2) is 11.2 Å². The quantitative estimate of drug-likeness (QED) is 0.860. The average molecular weight is 278 g/mol. The van der Waals surface area contributed by atoms with E-state index < -0.39 is 0 Å². The summed E-state index contributed by atoms with van der Waals surface area (Å²) in [6, 6.07) is 8.43. The molecule has 4 nitrogen and oxygen atoms in total. The topological polar surface area (TPSA) is 76.7 Å². The number of alkyl halides is 1. The molecule has 0 unspecified atom stereocenters. The Labute approximate surface area is 102 Å². The van der Waals surface area contributed by atoms with Crippen molar-refractivity contribution in [2.75, 3.05) is 10.6 Å². The van der Waals surface area contributed by atoms with Gasteiger partial charge in [0.2, 0.25) is 5.91 Å². The Balaban J connectivity index is 2.89. The minimum atomic E-state index is -0.134. The second kappa shape index (κ2) is 5.89. The molecule has 80 valence electrons. The molecule has 16 heavy (non-hydrogen) atoms. The SMILES string of the molecule is N#Cc1ccc(NC(=O)CCBr)cc1C#N. The van der Waals surface area contributed by atoms with Crippen molar-refractivity contribution in [1.29, 1.82) is 10.5 Å². The standard InChI is InChI=1S/C11H8BrN3O/c12-4-3-11(16)15-10-2-1-8(6-13)9(5-10)7-14/h1-2,5H,3-4H2,(H,15,16). The summed E-state index contributed by atoms with van der Waals surface area (Å²) in [5.74, 6) is -0.134. The Kier molecular flexibility index (Phi) is 4.50. The molecule has 0 saturated heterocycles. The molecule has 0 radical (unpaired) electrons. The number of hydrogen-bond acceptors (Lipinski definition) is 3. The van der Waals surface area contributed by atoms with Crippen LogP contribution in [0.5, 0.6) is 0 Å². The van der Waals surface area contributed by atoms with Gasteiger partial charge in [0.25, 0.3) is 0 Å². The van der Waals surface area contributed by atoms with Crippen LogP contribution in [-0.2, 0) is 4.79 Å². The summed E-state index contributed by atoms with van der Waals surface area (Å²) in [7, 11) is 0. The van der Waals surface area contributed by atoms with E-state index in [1.165, 1.54) is 12.1 Å². The van der Waals surface area contributed by atoms with Crippen molar-refractivity contribution in [3.63, 3.8) is 0 Å². The summed E-state index contributed by atoms with van der Waals surface area (Å²) in [5, 5.41) is 20.7. The highest BCUT2D eigenvalue weighted by molar-refractivity contribution is 9.09. The molecule has 1 N–H and O–H groups in total. The molecule has 1 amide bonds. The van der Waals surface area contributed by atoms with E-state index in [9.17, 15) is 4.79 Å². The Hall–Kier alpha value is -1.85. The number of carbonyl (C=O) groups excluding carboxylic acids is 1. The minimum absolute atomic E-state index is 0.134. The van der Waals surface area contributed by atoms with E-state index in [0.29, 0.717) is 23.0 Å². The zero-order chi connectivity index (χ0) is 12.0. The molecule has 1 rings (SSSR count). The summed E-state index contributed by atoms with van der Waals surface area (Å²) in [5.41, 5.74) is 1.10. The Morgan fingerprint density at radius 2 is 2.00 bits per heavy atom. The van der Waals surface area contributed by atoms with Crippen molar-refractivity contribution in [3.05, 3.63) is 29.3 Å². The highest BCUT2D eigenvalue weighted by atomic mass is 79.9. The molecule has 0 saturated carbocycles. The lowest BCUT2D eigenvalue weighted by Crippen LogP contribution is -2.11. The van der Waals surface area contributed by atoms with Gasteiger partial charge in [-0.1, -0.05) is 15.9 Å². The molecule has 1 aromatic carbocycles. The van der Waals surface area contributed by atoms with Gasteiger partial charge in [-0.3, -0.25) is 4.79 Å². The highest BCUT2D eigenvalue weighted by Crippen LogP contribution is 2.14. The molecular formula is C11H8BrN3O. The molecule has 0 bridgehead atoms. The van der Waals surface area contributed by atoms with Gasteiger partial charge in [0, 0.05) is 17.4 Å². The monoisotopic (exact) mass is 277 g/mol. The first-order valence-electron chi connectivity index (χ1n) is 4.51. The van der Waals surface area contributed by atoms with Gasteiger partial charge in [-0.2, -0.15) is 10.5 Å². The molecule has 0 aliphatic rings. The number of rotatable bonds is 3. The van der Waals surface area contributed by atoms with Gasteiger partial charge in [0.1, 0.15) is 12.1 Å². The van der Waals surface area contributed by atoms with Gasteiger partial charge in [0.05, 0.1) is 11.1 Å². The van der Waals surface area contributed by atoms with E-state index in [4.69, 9.17) is 10.5 Å². The maximum Gasteiger partial charge on any atom is 0.225 e. The maximum atomic E-state index is 11.3. The Bertz CT molecular complexity index is 485. The normalized spacial score (nSPS) is 8.94. The fourth-order valence-corrected chi connectivity index (χ4v) is 1.48. The van der Waals surface area contributed by atoms with Crippen molar-refractivity contribution in [2.24, 2.45) is 0 Å². The number of halogens is 1. The number of carbonyl (C=O) groups is 1. The molecule has 5 heteroatoms. The van der Waals surface area contributed by atoms with E-state index >= 15 is 0 Å². The van der Waals surface area contributed by atoms with Crippen LogP contribution in [0.15, 0.2) is 18.2 Å². The number of nitrogens with zero attached hydrogens (tertiary/aromatic N) is 2. The average Bonchev–Trinajstić information content (AvgIpc) is 2.29. The van der Waals surface area contributed by atoms with Crippen molar-refractivity contribution >= 4 is 27.5 Å². The molecule has 0 fully saturated rings. The third-order valence-electron chi connectivity index (χ3n) is 1.87. The first-order valence-corrected chi connectivity index (χ1v) is 5.63. The van der Waals surface area contributed by atoms with Crippen LogP contribution in [0.3, 0.4) is 0 Å². The summed E-state index contributed by atoms with van der Waals surface area (Å²) in [4.78, 5) is 11.3. The van der Waals surface area contributed by atoms with E-state index in [2.05, 4.69) is 21.2 Å². The molecule has 0 aromatic heterocycles. The van der Waals surface area contributed by atoms with E-state index in [1.54, 1.807) is 6.07 Å². The second-order valence-electron chi connectivity index (χ2n) is 2.97. The van der Waals surface area contributed by atoms with Crippen LogP contribution in [0.2, 0.25) is 0 Å². The predicted octanol–water partition coefficient (Wildman–Crippen LogP) is 2.15. The van der Waals surface area contributed by atoms with Crippen LogP contribution in [0, 0.1) is 22.7 Å².